The minimum Gasteiger partial charge on any atom is -0.477 e. The van der Waals surface area contributed by atoms with E-state index in [0.29, 0.717) is 13.1 Å². The molecule has 0 bridgehead atoms. The van der Waals surface area contributed by atoms with Gasteiger partial charge in [0, 0.05) is 26.2 Å². The summed E-state index contributed by atoms with van der Waals surface area (Å²) in [6.07, 6.45) is 0. The second-order valence-corrected chi connectivity index (χ2v) is 4.77. The SMILES string of the molecule is Cn1nc(C(=O)N2Cc3ccccc3C2)cc1C(=O)O. The smallest absolute Gasteiger partial charge is 0.354 e. The number of carboxylic acids is 1. The molecule has 1 aromatic heterocycles. The molecule has 0 saturated heterocycles. The molecule has 2 aromatic rings. The number of nitrogens with zero attached hydrogens (tertiary/aromatic N) is 3. The molecule has 6 nitrogen and oxygen atoms in total. The van der Waals surface area contributed by atoms with Crippen LogP contribution in [-0.2, 0) is 20.1 Å². The maximum atomic E-state index is 12.4. The molecule has 0 fully saturated rings. The molecule has 0 spiro atoms. The zero-order valence-corrected chi connectivity index (χ0v) is 10.9. The van der Waals surface area contributed by atoms with Crippen LogP contribution in [0.4, 0.5) is 0 Å². The number of hydrogen-bond donors (Lipinski definition) is 1. The van der Waals surface area contributed by atoms with Crippen LogP contribution >= 0.6 is 0 Å². The zero-order valence-electron chi connectivity index (χ0n) is 10.9. The van der Waals surface area contributed by atoms with Crippen LogP contribution in [0.25, 0.3) is 0 Å². The number of aromatic nitrogens is 2. The van der Waals surface area contributed by atoms with E-state index in [1.165, 1.54) is 17.8 Å². The summed E-state index contributed by atoms with van der Waals surface area (Å²) in [6.45, 7) is 1.07. The molecule has 1 aromatic carbocycles. The Morgan fingerprint density at radius 3 is 2.30 bits per heavy atom. The van der Waals surface area contributed by atoms with E-state index in [-0.39, 0.29) is 17.3 Å². The van der Waals surface area contributed by atoms with Gasteiger partial charge < -0.3 is 10.0 Å². The Bertz CT molecular complexity index is 680. The molecule has 3 rings (SSSR count). The molecule has 1 amide bonds. The molecule has 1 N–H and O–H groups in total. The van der Waals surface area contributed by atoms with Crippen LogP contribution in [0.3, 0.4) is 0 Å². The van der Waals surface area contributed by atoms with Crippen LogP contribution in [0.2, 0.25) is 0 Å². The van der Waals surface area contributed by atoms with Crippen LogP contribution in [0.15, 0.2) is 30.3 Å². The lowest BCUT2D eigenvalue weighted by molar-refractivity contribution is 0.0684. The maximum absolute atomic E-state index is 12.4. The Hall–Kier alpha value is -2.63. The number of carboxylic acid groups (broad SMARTS) is 1. The molecular weight excluding hydrogens is 258 g/mol. The van der Waals surface area contributed by atoms with Crippen molar-refractivity contribution in [3.05, 3.63) is 52.8 Å². The minimum atomic E-state index is -1.09. The normalized spacial score (nSPS) is 13.3. The molecule has 6 heteroatoms. The standard InChI is InChI=1S/C14H13N3O3/c1-16-12(14(19)20)6-11(15-16)13(18)17-7-9-4-2-3-5-10(9)8-17/h2-6H,7-8H2,1H3,(H,19,20). The molecular formula is C14H13N3O3. The van der Waals surface area contributed by atoms with Crippen molar-refractivity contribution < 1.29 is 14.7 Å². The summed E-state index contributed by atoms with van der Waals surface area (Å²) in [6, 6.07) is 9.17. The quantitative estimate of drug-likeness (QED) is 0.892. The Labute approximate surface area is 115 Å². The van der Waals surface area contributed by atoms with Crippen LogP contribution in [0.5, 0.6) is 0 Å². The summed E-state index contributed by atoms with van der Waals surface area (Å²) in [7, 11) is 1.51. The fourth-order valence-corrected chi connectivity index (χ4v) is 2.41. The van der Waals surface area contributed by atoms with Gasteiger partial charge >= 0.3 is 5.97 Å². The van der Waals surface area contributed by atoms with Gasteiger partial charge in [-0.1, -0.05) is 24.3 Å². The lowest BCUT2D eigenvalue weighted by Crippen LogP contribution is -2.25. The number of fused-ring (bicyclic) bond motifs is 1. The number of aryl methyl sites for hydroxylation is 1. The predicted molar refractivity (Wildman–Crippen MR) is 70.2 cm³/mol. The first-order valence-corrected chi connectivity index (χ1v) is 6.19. The monoisotopic (exact) mass is 271 g/mol. The summed E-state index contributed by atoms with van der Waals surface area (Å²) in [4.78, 5) is 25.0. The van der Waals surface area contributed by atoms with Gasteiger partial charge in [-0.15, -0.1) is 0 Å². The number of carbonyl (C=O) groups excluding carboxylic acids is 1. The van der Waals surface area contributed by atoms with Crippen molar-refractivity contribution in [3.8, 4) is 0 Å². The lowest BCUT2D eigenvalue weighted by Gasteiger charge is -2.13. The first-order chi connectivity index (χ1) is 9.56. The number of aromatic carboxylic acids is 1. The van der Waals surface area contributed by atoms with Crippen molar-refractivity contribution in [3.63, 3.8) is 0 Å². The molecule has 1 aliphatic rings. The highest BCUT2D eigenvalue weighted by Gasteiger charge is 2.26. The van der Waals surface area contributed by atoms with Gasteiger partial charge in [-0.2, -0.15) is 5.10 Å². The molecule has 0 aliphatic carbocycles. The van der Waals surface area contributed by atoms with Crippen molar-refractivity contribution in [1.29, 1.82) is 0 Å². The van der Waals surface area contributed by atoms with Crippen molar-refractivity contribution in [2.75, 3.05) is 0 Å². The molecule has 20 heavy (non-hydrogen) atoms. The lowest BCUT2D eigenvalue weighted by atomic mass is 10.1. The van der Waals surface area contributed by atoms with Gasteiger partial charge in [-0.3, -0.25) is 9.48 Å². The third-order valence-electron chi connectivity index (χ3n) is 3.45. The number of hydrogen-bond acceptors (Lipinski definition) is 3. The van der Waals surface area contributed by atoms with Gasteiger partial charge in [-0.25, -0.2) is 4.79 Å². The van der Waals surface area contributed by atoms with Crippen molar-refractivity contribution in [2.24, 2.45) is 7.05 Å². The highest BCUT2D eigenvalue weighted by Crippen LogP contribution is 2.23. The van der Waals surface area contributed by atoms with Gasteiger partial charge in [0.15, 0.2) is 5.69 Å². The first-order valence-electron chi connectivity index (χ1n) is 6.19. The van der Waals surface area contributed by atoms with Crippen molar-refractivity contribution >= 4 is 11.9 Å². The van der Waals surface area contributed by atoms with E-state index in [1.54, 1.807) is 4.90 Å². The summed E-state index contributed by atoms with van der Waals surface area (Å²) in [5.41, 5.74) is 2.41. The second kappa shape index (κ2) is 4.48. The Morgan fingerprint density at radius 2 is 1.80 bits per heavy atom. The van der Waals surface area contributed by atoms with E-state index in [2.05, 4.69) is 5.10 Å². The van der Waals surface area contributed by atoms with Gasteiger partial charge in [-0.05, 0) is 11.1 Å². The summed E-state index contributed by atoms with van der Waals surface area (Å²) in [5.74, 6) is -1.34. The Kier molecular flexibility index (Phi) is 2.78. The highest BCUT2D eigenvalue weighted by molar-refractivity contribution is 5.95. The Balaban J connectivity index is 1.85. The molecule has 2 heterocycles. The average Bonchev–Trinajstić information content (AvgIpc) is 3.01. The van der Waals surface area contributed by atoms with E-state index in [4.69, 9.17) is 5.11 Å². The second-order valence-electron chi connectivity index (χ2n) is 4.77. The van der Waals surface area contributed by atoms with Crippen LogP contribution in [-0.4, -0.2) is 31.7 Å². The van der Waals surface area contributed by atoms with Crippen LogP contribution in [0.1, 0.15) is 32.1 Å². The highest BCUT2D eigenvalue weighted by atomic mass is 16.4. The van der Waals surface area contributed by atoms with E-state index >= 15 is 0 Å². The topological polar surface area (TPSA) is 75.4 Å². The number of rotatable bonds is 2. The third kappa shape index (κ3) is 1.95. The molecule has 1 aliphatic heterocycles. The van der Waals surface area contributed by atoms with E-state index in [0.717, 1.165) is 11.1 Å². The number of benzene rings is 1. The van der Waals surface area contributed by atoms with E-state index in [9.17, 15) is 9.59 Å². The van der Waals surface area contributed by atoms with Crippen molar-refractivity contribution in [1.82, 2.24) is 14.7 Å². The molecule has 102 valence electrons. The average molecular weight is 271 g/mol. The number of carbonyl (C=O) groups is 2. The van der Waals surface area contributed by atoms with Gasteiger partial charge in [0.1, 0.15) is 5.69 Å². The maximum Gasteiger partial charge on any atom is 0.354 e. The zero-order chi connectivity index (χ0) is 14.3. The fraction of sp³-hybridized carbons (Fsp3) is 0.214. The Morgan fingerprint density at radius 1 is 1.20 bits per heavy atom. The fourth-order valence-electron chi connectivity index (χ4n) is 2.41. The third-order valence-corrected chi connectivity index (χ3v) is 3.45. The molecule has 0 saturated carbocycles. The van der Waals surface area contributed by atoms with Gasteiger partial charge in [0.25, 0.3) is 5.91 Å². The first kappa shape index (κ1) is 12.4. The summed E-state index contributed by atoms with van der Waals surface area (Å²) < 4.78 is 1.21. The largest absolute Gasteiger partial charge is 0.477 e. The summed E-state index contributed by atoms with van der Waals surface area (Å²) >= 11 is 0. The van der Waals surface area contributed by atoms with E-state index in [1.807, 2.05) is 24.3 Å². The molecule has 0 radical (unpaired) electrons. The summed E-state index contributed by atoms with van der Waals surface area (Å²) in [5, 5.41) is 13.0. The van der Waals surface area contributed by atoms with Crippen LogP contribution in [0, 0.1) is 0 Å². The molecule has 0 atom stereocenters. The predicted octanol–water partition coefficient (Wildman–Crippen LogP) is 1.27. The van der Waals surface area contributed by atoms with Crippen LogP contribution < -0.4 is 0 Å². The van der Waals surface area contributed by atoms with Crippen molar-refractivity contribution in [2.45, 2.75) is 13.1 Å². The molecule has 0 unspecified atom stereocenters. The number of amides is 1. The van der Waals surface area contributed by atoms with Gasteiger partial charge in [0.05, 0.1) is 0 Å². The van der Waals surface area contributed by atoms with E-state index < -0.39 is 5.97 Å². The minimum absolute atomic E-state index is 0.00469. The van der Waals surface area contributed by atoms with Gasteiger partial charge in [0.2, 0.25) is 0 Å².